The van der Waals surface area contributed by atoms with Gasteiger partial charge in [0, 0.05) is 7.05 Å². The number of nitrogens with one attached hydrogen (secondary N) is 2. The van der Waals surface area contributed by atoms with Gasteiger partial charge in [-0.05, 0) is 6.92 Å². The molecule has 1 saturated heterocycles. The predicted molar refractivity (Wildman–Crippen MR) is 28.5 cm³/mol. The molecule has 4 nitrogen and oxygen atoms in total. The van der Waals surface area contributed by atoms with Crippen LogP contribution in [0.1, 0.15) is 6.92 Å². The number of rotatable bonds is 0. The molecule has 4 heteroatoms. The van der Waals surface area contributed by atoms with Crippen LogP contribution < -0.4 is 10.9 Å². The molecule has 0 aromatic rings. The fourth-order valence-electron chi connectivity index (χ4n) is 0.643. The van der Waals surface area contributed by atoms with E-state index >= 15 is 0 Å². The Kier molecular flexibility index (Phi) is 1.19. The van der Waals surface area contributed by atoms with Gasteiger partial charge in [-0.25, -0.2) is 5.43 Å². The van der Waals surface area contributed by atoms with E-state index in [1.165, 1.54) is 0 Å². The Balaban J connectivity index is 2.51. The third-order valence-electron chi connectivity index (χ3n) is 1.06. The van der Waals surface area contributed by atoms with E-state index in [1.807, 2.05) is 0 Å². The van der Waals surface area contributed by atoms with Crippen LogP contribution in [0.2, 0.25) is 0 Å². The van der Waals surface area contributed by atoms with Crippen LogP contribution in [0.4, 0.5) is 0 Å². The molecule has 0 aliphatic carbocycles. The number of carbonyl (C=O) groups is 1. The van der Waals surface area contributed by atoms with Gasteiger partial charge in [-0.3, -0.25) is 10.2 Å². The number of amides is 1. The van der Waals surface area contributed by atoms with E-state index in [-0.39, 0.29) is 11.9 Å². The molecule has 0 saturated carbocycles. The monoisotopic (exact) mass is 115 g/mol. The molecule has 1 rings (SSSR count). The highest BCUT2D eigenvalue weighted by molar-refractivity contribution is 5.82. The molecule has 0 radical (unpaired) electrons. The van der Waals surface area contributed by atoms with Crippen LogP contribution in [0.25, 0.3) is 0 Å². The van der Waals surface area contributed by atoms with E-state index in [0.717, 1.165) is 0 Å². The molecule has 0 spiro atoms. The van der Waals surface area contributed by atoms with Crippen LogP contribution in [-0.4, -0.2) is 24.1 Å². The van der Waals surface area contributed by atoms with Crippen LogP contribution in [0, 0.1) is 0 Å². The minimum absolute atomic E-state index is 0.0208. The number of hydrogen-bond acceptors (Lipinski definition) is 3. The average molecular weight is 115 g/mol. The van der Waals surface area contributed by atoms with Crippen molar-refractivity contribution in [1.29, 1.82) is 0 Å². The molecule has 0 bridgehead atoms. The molecule has 2 N–H and O–H groups in total. The quantitative estimate of drug-likeness (QED) is 0.419. The Bertz CT molecular complexity index is 114. The Hall–Kier alpha value is -0.610. The minimum Gasteiger partial charge on any atom is -0.274 e. The summed E-state index contributed by atoms with van der Waals surface area (Å²) in [6, 6.07) is -0.0833. The summed E-state index contributed by atoms with van der Waals surface area (Å²) >= 11 is 0. The lowest BCUT2D eigenvalue weighted by Crippen LogP contribution is -2.35. The third kappa shape index (κ3) is 0.801. The lowest BCUT2D eigenvalue weighted by Gasteiger charge is -2.04. The van der Waals surface area contributed by atoms with E-state index < -0.39 is 0 Å². The van der Waals surface area contributed by atoms with Crippen LogP contribution in [0.3, 0.4) is 0 Å². The van der Waals surface area contributed by atoms with E-state index in [1.54, 1.807) is 19.1 Å². The molecule has 1 atom stereocenters. The summed E-state index contributed by atoms with van der Waals surface area (Å²) in [5, 5.41) is 1.55. The first-order valence-electron chi connectivity index (χ1n) is 2.50. The summed E-state index contributed by atoms with van der Waals surface area (Å²) in [4.78, 5) is 10.6. The van der Waals surface area contributed by atoms with Gasteiger partial charge in [-0.2, -0.15) is 5.12 Å². The SMILES string of the molecule is CC1NN(C)NC1=O. The van der Waals surface area contributed by atoms with Gasteiger partial charge in [-0.15, -0.1) is 0 Å². The van der Waals surface area contributed by atoms with Gasteiger partial charge in [0.1, 0.15) is 6.04 Å². The van der Waals surface area contributed by atoms with Gasteiger partial charge in [0.25, 0.3) is 5.91 Å². The number of hydrogen-bond donors (Lipinski definition) is 2. The molecule has 1 unspecified atom stereocenters. The molecule has 1 amide bonds. The summed E-state index contributed by atoms with van der Waals surface area (Å²) in [6.07, 6.45) is 0. The second-order valence-electron chi connectivity index (χ2n) is 1.89. The van der Waals surface area contributed by atoms with E-state index in [2.05, 4.69) is 10.9 Å². The lowest BCUT2D eigenvalue weighted by atomic mass is 10.4. The summed E-state index contributed by atoms with van der Waals surface area (Å²) < 4.78 is 0. The maximum absolute atomic E-state index is 10.6. The first-order valence-corrected chi connectivity index (χ1v) is 2.50. The van der Waals surface area contributed by atoms with Crippen molar-refractivity contribution in [2.75, 3.05) is 7.05 Å². The fourth-order valence-corrected chi connectivity index (χ4v) is 0.643. The summed E-state index contributed by atoms with van der Waals surface area (Å²) in [7, 11) is 1.75. The van der Waals surface area contributed by atoms with E-state index in [9.17, 15) is 4.79 Å². The van der Waals surface area contributed by atoms with Crippen molar-refractivity contribution in [3.63, 3.8) is 0 Å². The minimum atomic E-state index is -0.0833. The van der Waals surface area contributed by atoms with Crippen molar-refractivity contribution in [1.82, 2.24) is 16.0 Å². The molecular formula is C4H9N3O. The first kappa shape index (κ1) is 5.53. The zero-order valence-corrected chi connectivity index (χ0v) is 4.93. The summed E-state index contributed by atoms with van der Waals surface area (Å²) in [5.41, 5.74) is 5.39. The zero-order chi connectivity index (χ0) is 6.15. The van der Waals surface area contributed by atoms with Gasteiger partial charge in [0.15, 0.2) is 0 Å². The Morgan fingerprint density at radius 3 is 2.50 bits per heavy atom. The first-order chi connectivity index (χ1) is 3.70. The fraction of sp³-hybridized carbons (Fsp3) is 0.750. The van der Waals surface area contributed by atoms with Crippen molar-refractivity contribution in [2.45, 2.75) is 13.0 Å². The van der Waals surface area contributed by atoms with Crippen molar-refractivity contribution >= 4 is 5.91 Å². The Labute approximate surface area is 47.8 Å². The number of hydrazine groups is 2. The standard InChI is InChI=1S/C4H9N3O/c1-3-4(8)6-7(2)5-3/h3,5H,1-2H3,(H,6,8). The van der Waals surface area contributed by atoms with Crippen molar-refractivity contribution in [3.8, 4) is 0 Å². The van der Waals surface area contributed by atoms with E-state index in [0.29, 0.717) is 0 Å². The average Bonchev–Trinajstić information content (AvgIpc) is 1.85. The molecule has 8 heavy (non-hydrogen) atoms. The third-order valence-corrected chi connectivity index (χ3v) is 1.06. The van der Waals surface area contributed by atoms with Crippen LogP contribution in [0.5, 0.6) is 0 Å². The predicted octanol–water partition coefficient (Wildman–Crippen LogP) is -1.14. The van der Waals surface area contributed by atoms with Crippen molar-refractivity contribution in [2.24, 2.45) is 0 Å². The second-order valence-corrected chi connectivity index (χ2v) is 1.89. The van der Waals surface area contributed by atoms with Crippen LogP contribution >= 0.6 is 0 Å². The normalized spacial score (nSPS) is 30.8. The summed E-state index contributed by atoms with van der Waals surface area (Å²) in [5.74, 6) is 0.0208. The molecule has 0 aromatic carbocycles. The number of carbonyl (C=O) groups excluding carboxylic acids is 1. The van der Waals surface area contributed by atoms with Crippen molar-refractivity contribution in [3.05, 3.63) is 0 Å². The van der Waals surface area contributed by atoms with Gasteiger partial charge >= 0.3 is 0 Å². The van der Waals surface area contributed by atoms with Crippen LogP contribution in [0.15, 0.2) is 0 Å². The molecule has 1 fully saturated rings. The van der Waals surface area contributed by atoms with Crippen molar-refractivity contribution < 1.29 is 4.79 Å². The molecule has 0 aromatic heterocycles. The molecule has 1 heterocycles. The van der Waals surface area contributed by atoms with Gasteiger partial charge in [0.05, 0.1) is 0 Å². The molecular weight excluding hydrogens is 106 g/mol. The summed E-state index contributed by atoms with van der Waals surface area (Å²) in [6.45, 7) is 1.80. The topological polar surface area (TPSA) is 44.4 Å². The number of nitrogens with zero attached hydrogens (tertiary/aromatic N) is 1. The smallest absolute Gasteiger partial charge is 0.253 e. The highest BCUT2D eigenvalue weighted by atomic mass is 16.2. The van der Waals surface area contributed by atoms with Gasteiger partial charge in [0.2, 0.25) is 0 Å². The van der Waals surface area contributed by atoms with E-state index in [4.69, 9.17) is 0 Å². The van der Waals surface area contributed by atoms with Crippen LogP contribution in [-0.2, 0) is 4.79 Å². The molecule has 1 aliphatic heterocycles. The lowest BCUT2D eigenvalue weighted by molar-refractivity contribution is -0.121. The maximum atomic E-state index is 10.6. The van der Waals surface area contributed by atoms with Gasteiger partial charge < -0.3 is 0 Å². The second kappa shape index (κ2) is 1.72. The molecule has 46 valence electrons. The Morgan fingerprint density at radius 2 is 2.38 bits per heavy atom. The maximum Gasteiger partial charge on any atom is 0.253 e. The molecule has 1 aliphatic rings. The largest absolute Gasteiger partial charge is 0.274 e. The van der Waals surface area contributed by atoms with Gasteiger partial charge in [-0.1, -0.05) is 0 Å². The zero-order valence-electron chi connectivity index (χ0n) is 4.93. The highest BCUT2D eigenvalue weighted by Gasteiger charge is 2.21. The Morgan fingerprint density at radius 1 is 1.75 bits per heavy atom. The highest BCUT2D eigenvalue weighted by Crippen LogP contribution is 1.89.